The van der Waals surface area contributed by atoms with Gasteiger partial charge in [-0.2, -0.15) is 0 Å². The first-order chi connectivity index (χ1) is 9.63. The maximum atomic E-state index is 7.85. The van der Waals surface area contributed by atoms with Crippen LogP contribution in [0.1, 0.15) is 61.3 Å². The largest absolute Gasteiger partial charge is 0.387 e. The number of nitrogens with one attached hydrogen (secondary N) is 2. The lowest BCUT2D eigenvalue weighted by Crippen LogP contribution is -2.35. The molecule has 0 bridgehead atoms. The summed E-state index contributed by atoms with van der Waals surface area (Å²) >= 11 is 0. The Morgan fingerprint density at radius 2 is 1.76 bits per heavy atom. The highest BCUT2D eigenvalue weighted by Gasteiger charge is 2.09. The minimum Gasteiger partial charge on any atom is -0.387 e. The van der Waals surface area contributed by atoms with E-state index in [-0.39, 0.29) is 23.9 Å². The van der Waals surface area contributed by atoms with E-state index in [2.05, 4.69) is 37.2 Å². The third-order valence-electron chi connectivity index (χ3n) is 3.34. The fraction of sp³-hybridized carbons (Fsp3) is 0.765. The van der Waals surface area contributed by atoms with Gasteiger partial charge in [0.2, 0.25) is 0 Å². The first-order valence-electron chi connectivity index (χ1n) is 7.97. The molecule has 0 heterocycles. The van der Waals surface area contributed by atoms with Crippen molar-refractivity contribution in [2.45, 2.75) is 73.4 Å². The van der Waals surface area contributed by atoms with Crippen LogP contribution in [-0.2, 0) is 0 Å². The molecular weight excluding hydrogens is 260 g/mol. The molecule has 0 aromatic carbocycles. The van der Waals surface area contributed by atoms with E-state index in [4.69, 9.17) is 11.1 Å². The second-order valence-corrected chi connectivity index (χ2v) is 6.65. The topological polar surface area (TPSA) is 74.3 Å². The van der Waals surface area contributed by atoms with Crippen molar-refractivity contribution in [3.05, 3.63) is 11.6 Å². The van der Waals surface area contributed by atoms with E-state index in [1.807, 2.05) is 27.7 Å². The Kier molecular flexibility index (Phi) is 8.98. The summed E-state index contributed by atoms with van der Waals surface area (Å²) < 4.78 is 0. The van der Waals surface area contributed by atoms with Crippen LogP contribution in [-0.4, -0.2) is 23.8 Å². The fourth-order valence-electron chi connectivity index (χ4n) is 1.97. The third-order valence-corrected chi connectivity index (χ3v) is 3.34. The Bertz CT molecular complexity index is 380. The summed E-state index contributed by atoms with van der Waals surface area (Å²) in [6, 6.07) is 0.539. The number of hydrogen-bond acceptors (Lipinski definition) is 2. The van der Waals surface area contributed by atoms with Gasteiger partial charge in [0.05, 0.1) is 11.7 Å². The zero-order valence-electron chi connectivity index (χ0n) is 14.8. The number of nitrogens with zero attached hydrogens (tertiary/aromatic N) is 1. The van der Waals surface area contributed by atoms with Gasteiger partial charge in [-0.25, -0.2) is 0 Å². The summed E-state index contributed by atoms with van der Waals surface area (Å²) in [5.74, 6) is 1.88. The van der Waals surface area contributed by atoms with Gasteiger partial charge < -0.3 is 11.1 Å². The first-order valence-corrected chi connectivity index (χ1v) is 7.97. The Balaban J connectivity index is 4.33. The van der Waals surface area contributed by atoms with Crippen LogP contribution < -0.4 is 11.1 Å². The monoisotopic (exact) mass is 294 g/mol. The summed E-state index contributed by atoms with van der Waals surface area (Å²) in [7, 11) is 0. The molecule has 4 heteroatoms. The number of rotatable bonds is 8. The van der Waals surface area contributed by atoms with E-state index in [1.165, 1.54) is 5.57 Å². The molecule has 4 nitrogen and oxygen atoms in total. The van der Waals surface area contributed by atoms with Crippen molar-refractivity contribution in [2.75, 3.05) is 0 Å². The Morgan fingerprint density at radius 3 is 2.24 bits per heavy atom. The number of amidine groups is 2. The van der Waals surface area contributed by atoms with Crippen molar-refractivity contribution < 1.29 is 0 Å². The van der Waals surface area contributed by atoms with Gasteiger partial charge >= 0.3 is 0 Å². The van der Waals surface area contributed by atoms with Gasteiger partial charge in [-0.3, -0.25) is 10.4 Å². The van der Waals surface area contributed by atoms with Crippen LogP contribution in [0.15, 0.2) is 16.6 Å². The van der Waals surface area contributed by atoms with Crippen molar-refractivity contribution in [3.63, 3.8) is 0 Å². The maximum Gasteiger partial charge on any atom is 0.0971 e. The SMILES string of the molecule is C/C(=C/CC(C)C(N)=NC(C)C)CC(C)NC(=N)C(C)C. The van der Waals surface area contributed by atoms with Crippen molar-refractivity contribution in [2.24, 2.45) is 22.6 Å². The summed E-state index contributed by atoms with van der Waals surface area (Å²) in [6.45, 7) is 14.5. The molecule has 0 radical (unpaired) electrons. The van der Waals surface area contributed by atoms with Crippen LogP contribution in [0.2, 0.25) is 0 Å². The first kappa shape index (κ1) is 19.7. The lowest BCUT2D eigenvalue weighted by Gasteiger charge is -2.18. The van der Waals surface area contributed by atoms with Crippen LogP contribution in [0.3, 0.4) is 0 Å². The molecule has 21 heavy (non-hydrogen) atoms. The molecule has 0 spiro atoms. The fourth-order valence-corrected chi connectivity index (χ4v) is 1.97. The maximum absolute atomic E-state index is 7.85. The van der Waals surface area contributed by atoms with Crippen LogP contribution >= 0.6 is 0 Å². The van der Waals surface area contributed by atoms with Crippen molar-refractivity contribution in [1.29, 1.82) is 5.41 Å². The lowest BCUT2D eigenvalue weighted by atomic mass is 10.0. The molecular formula is C17H34N4. The van der Waals surface area contributed by atoms with Crippen molar-refractivity contribution in [3.8, 4) is 0 Å². The molecule has 0 aliphatic rings. The zero-order chi connectivity index (χ0) is 16.6. The molecule has 0 saturated heterocycles. The molecule has 0 rings (SSSR count). The van der Waals surface area contributed by atoms with E-state index in [9.17, 15) is 0 Å². The second kappa shape index (κ2) is 9.59. The van der Waals surface area contributed by atoms with Crippen molar-refractivity contribution >= 4 is 11.7 Å². The van der Waals surface area contributed by atoms with E-state index in [1.54, 1.807) is 0 Å². The van der Waals surface area contributed by atoms with Gasteiger partial charge in [0.1, 0.15) is 0 Å². The molecule has 0 saturated carbocycles. The van der Waals surface area contributed by atoms with Gasteiger partial charge in [0.15, 0.2) is 0 Å². The van der Waals surface area contributed by atoms with Gasteiger partial charge in [-0.1, -0.05) is 32.4 Å². The molecule has 0 fully saturated rings. The van der Waals surface area contributed by atoms with Gasteiger partial charge in [0.25, 0.3) is 0 Å². The molecule has 0 aliphatic heterocycles. The van der Waals surface area contributed by atoms with Gasteiger partial charge in [0, 0.05) is 23.9 Å². The summed E-state index contributed by atoms with van der Waals surface area (Å²) in [5, 5.41) is 11.1. The summed E-state index contributed by atoms with van der Waals surface area (Å²) in [5.41, 5.74) is 7.31. The van der Waals surface area contributed by atoms with E-state index in [0.29, 0.717) is 5.84 Å². The number of allylic oxidation sites excluding steroid dienone is 1. The van der Waals surface area contributed by atoms with E-state index >= 15 is 0 Å². The summed E-state index contributed by atoms with van der Waals surface area (Å²) in [6.07, 6.45) is 4.11. The highest BCUT2D eigenvalue weighted by molar-refractivity contribution is 5.82. The molecule has 0 amide bonds. The molecule has 4 N–H and O–H groups in total. The highest BCUT2D eigenvalue weighted by atomic mass is 15.0. The standard InChI is InChI=1S/C17H34N4/c1-11(2)16(18)21-15(7)10-13(5)8-9-14(6)17(19)20-12(3)4/h8,11-12,14-15H,9-10H2,1-7H3,(H2,18,21)(H2,19,20)/b13-8-. The van der Waals surface area contributed by atoms with E-state index in [0.717, 1.165) is 18.7 Å². The Morgan fingerprint density at radius 1 is 1.19 bits per heavy atom. The molecule has 0 aromatic heterocycles. The number of nitrogens with two attached hydrogens (primary N) is 1. The van der Waals surface area contributed by atoms with Crippen LogP contribution in [0.4, 0.5) is 0 Å². The normalized spacial score (nSPS) is 16.2. The van der Waals surface area contributed by atoms with Gasteiger partial charge in [-0.05, 0) is 40.5 Å². The second-order valence-electron chi connectivity index (χ2n) is 6.65. The van der Waals surface area contributed by atoms with E-state index < -0.39 is 0 Å². The van der Waals surface area contributed by atoms with Gasteiger partial charge in [-0.15, -0.1) is 0 Å². The Hall–Kier alpha value is -1.32. The molecule has 0 aromatic rings. The highest BCUT2D eigenvalue weighted by Crippen LogP contribution is 2.11. The average molecular weight is 294 g/mol. The number of hydrogen-bond donors (Lipinski definition) is 3. The van der Waals surface area contributed by atoms with Crippen LogP contribution in [0, 0.1) is 17.2 Å². The molecule has 2 atom stereocenters. The van der Waals surface area contributed by atoms with Crippen LogP contribution in [0.25, 0.3) is 0 Å². The smallest absolute Gasteiger partial charge is 0.0971 e. The minimum absolute atomic E-state index is 0.254. The summed E-state index contributed by atoms with van der Waals surface area (Å²) in [4.78, 5) is 4.40. The lowest BCUT2D eigenvalue weighted by molar-refractivity contribution is 0.625. The number of aliphatic imine (C=N–C) groups is 1. The zero-order valence-corrected chi connectivity index (χ0v) is 14.8. The predicted octanol–water partition coefficient (Wildman–Crippen LogP) is 3.73. The molecule has 0 aliphatic carbocycles. The predicted molar refractivity (Wildman–Crippen MR) is 94.1 cm³/mol. The molecule has 2 unspecified atom stereocenters. The quantitative estimate of drug-likeness (QED) is 0.362. The van der Waals surface area contributed by atoms with Crippen molar-refractivity contribution in [1.82, 2.24) is 5.32 Å². The van der Waals surface area contributed by atoms with Crippen LogP contribution in [0.5, 0.6) is 0 Å². The third kappa shape index (κ3) is 9.27. The minimum atomic E-state index is 0.254. The Labute approximate surface area is 130 Å². The average Bonchev–Trinajstić information content (AvgIpc) is 2.34. The molecule has 122 valence electrons.